The van der Waals surface area contributed by atoms with Crippen LogP contribution in [0.1, 0.15) is 59.8 Å². The van der Waals surface area contributed by atoms with Crippen molar-refractivity contribution in [2.75, 3.05) is 12.9 Å². The van der Waals surface area contributed by atoms with Crippen molar-refractivity contribution in [1.29, 1.82) is 0 Å². The van der Waals surface area contributed by atoms with Gasteiger partial charge in [0.2, 0.25) is 5.88 Å². The quantitative estimate of drug-likeness (QED) is 0.322. The van der Waals surface area contributed by atoms with E-state index in [0.717, 1.165) is 0 Å². The third-order valence-corrected chi connectivity index (χ3v) is 9.94. The van der Waals surface area contributed by atoms with Gasteiger partial charge in [0.1, 0.15) is 16.2 Å². The Balaban J connectivity index is 1.83. The van der Waals surface area contributed by atoms with Crippen molar-refractivity contribution in [2.45, 2.75) is 62.8 Å². The number of hydrogen-bond donors (Lipinski definition) is 0. The van der Waals surface area contributed by atoms with Crippen LogP contribution in [0.15, 0.2) is 46.3 Å². The number of fused-ring (bicyclic) bond motifs is 1. The Bertz CT molecular complexity index is 1600. The van der Waals surface area contributed by atoms with E-state index in [1.54, 1.807) is 26.8 Å². The van der Waals surface area contributed by atoms with Crippen LogP contribution in [0.2, 0.25) is 0 Å². The van der Waals surface area contributed by atoms with Crippen LogP contribution in [0.4, 0.5) is 0 Å². The van der Waals surface area contributed by atoms with Gasteiger partial charge in [-0.3, -0.25) is 4.79 Å². The number of hydrogen-bond acceptors (Lipinski definition) is 8. The highest BCUT2D eigenvalue weighted by atomic mass is 32.2. The topological polar surface area (TPSA) is 122 Å². The predicted octanol–water partition coefficient (Wildman–Crippen LogP) is 3.98. The van der Waals surface area contributed by atoms with Crippen molar-refractivity contribution >= 4 is 25.7 Å². The molecule has 2 heterocycles. The maximum absolute atomic E-state index is 13.8. The largest absolute Gasteiger partial charge is 0.497 e. The van der Waals surface area contributed by atoms with Gasteiger partial charge in [0.25, 0.3) is 0 Å². The van der Waals surface area contributed by atoms with Gasteiger partial charge in [-0.2, -0.15) is 13.5 Å². The highest BCUT2D eigenvalue weighted by Gasteiger charge is 2.40. The summed E-state index contributed by atoms with van der Waals surface area (Å²) < 4.78 is 63.8. The number of nitrogens with zero attached hydrogens (tertiary/aromatic N) is 2. The first kappa shape index (κ1) is 26.9. The fourth-order valence-corrected chi connectivity index (χ4v) is 8.07. The molecule has 11 heteroatoms. The average molecular weight is 547 g/mol. The molecule has 37 heavy (non-hydrogen) atoms. The molecular weight excluding hydrogens is 516 g/mol. The molecule has 1 aromatic heterocycles. The van der Waals surface area contributed by atoms with Crippen LogP contribution in [0.25, 0.3) is 0 Å². The average Bonchev–Trinajstić information content (AvgIpc) is 3.24. The molecule has 0 amide bonds. The van der Waals surface area contributed by atoms with Crippen LogP contribution in [0.3, 0.4) is 0 Å². The number of rotatable bonds is 7. The van der Waals surface area contributed by atoms with Crippen molar-refractivity contribution in [1.82, 2.24) is 9.78 Å². The molecule has 0 saturated carbocycles. The summed E-state index contributed by atoms with van der Waals surface area (Å²) in [5.41, 5.74) is 1.44. The van der Waals surface area contributed by atoms with Gasteiger partial charge >= 0.3 is 10.1 Å². The smallest absolute Gasteiger partial charge is 0.340 e. The molecule has 198 valence electrons. The van der Waals surface area contributed by atoms with Crippen LogP contribution in [0.5, 0.6) is 11.6 Å². The number of ketones is 1. The van der Waals surface area contributed by atoms with E-state index in [9.17, 15) is 21.6 Å². The summed E-state index contributed by atoms with van der Waals surface area (Å²) in [5, 5.41) is 4.17. The Kier molecular flexibility index (Phi) is 6.74. The van der Waals surface area contributed by atoms with Gasteiger partial charge in [0, 0.05) is 12.1 Å². The number of carbonyl (C=O) groups is 1. The van der Waals surface area contributed by atoms with E-state index >= 15 is 0 Å². The molecule has 1 aliphatic heterocycles. The lowest BCUT2D eigenvalue weighted by molar-refractivity contribution is 0.103. The summed E-state index contributed by atoms with van der Waals surface area (Å²) in [5.74, 6) is -0.172. The van der Waals surface area contributed by atoms with E-state index in [2.05, 4.69) is 5.10 Å². The number of carbonyl (C=O) groups excluding carboxylic acids is 1. The number of methoxy groups -OCH3 is 1. The van der Waals surface area contributed by atoms with Crippen molar-refractivity contribution < 1.29 is 30.6 Å². The predicted molar refractivity (Wildman–Crippen MR) is 138 cm³/mol. The minimum absolute atomic E-state index is 0.0298. The van der Waals surface area contributed by atoms with Crippen molar-refractivity contribution in [3.63, 3.8) is 0 Å². The number of aryl methyl sites for hydroxylation is 2. The maximum Gasteiger partial charge on any atom is 0.340 e. The summed E-state index contributed by atoms with van der Waals surface area (Å²) in [4.78, 5) is 14.0. The van der Waals surface area contributed by atoms with Gasteiger partial charge < -0.3 is 8.92 Å². The van der Waals surface area contributed by atoms with E-state index in [1.165, 1.54) is 42.3 Å². The van der Waals surface area contributed by atoms with Crippen molar-refractivity contribution in [3.05, 3.63) is 64.3 Å². The minimum Gasteiger partial charge on any atom is -0.497 e. The maximum atomic E-state index is 13.8. The Morgan fingerprint density at radius 1 is 1.14 bits per heavy atom. The van der Waals surface area contributed by atoms with Crippen LogP contribution in [0, 0.1) is 13.8 Å². The van der Waals surface area contributed by atoms with Crippen LogP contribution in [-0.4, -0.2) is 45.3 Å². The lowest BCUT2D eigenvalue weighted by atomic mass is 9.77. The molecular formula is C26H30N2O7S2. The Labute approximate surface area is 217 Å². The summed E-state index contributed by atoms with van der Waals surface area (Å²) in [6.45, 7) is 9.34. The minimum atomic E-state index is -4.29. The summed E-state index contributed by atoms with van der Waals surface area (Å²) >= 11 is 0. The molecule has 0 aliphatic carbocycles. The van der Waals surface area contributed by atoms with Gasteiger partial charge in [-0.05, 0) is 79.6 Å². The monoisotopic (exact) mass is 546 g/mol. The molecule has 4 rings (SSSR count). The normalized spacial score (nSPS) is 16.2. The van der Waals surface area contributed by atoms with Gasteiger partial charge in [0.05, 0.1) is 24.0 Å². The van der Waals surface area contributed by atoms with Gasteiger partial charge in [-0.25, -0.2) is 13.1 Å². The van der Waals surface area contributed by atoms with E-state index in [1.807, 2.05) is 13.8 Å². The molecule has 0 atom stereocenters. The summed E-state index contributed by atoms with van der Waals surface area (Å²) in [6.07, 6.45) is 1.71. The molecule has 0 unspecified atom stereocenters. The zero-order valence-electron chi connectivity index (χ0n) is 21.7. The van der Waals surface area contributed by atoms with Crippen molar-refractivity contribution in [2.24, 2.45) is 0 Å². The highest BCUT2D eigenvalue weighted by molar-refractivity contribution is 7.91. The van der Waals surface area contributed by atoms with Gasteiger partial charge in [-0.15, -0.1) is 0 Å². The molecule has 9 nitrogen and oxygen atoms in total. The standard InChI is InChI=1S/C26H30N2O7S2/c1-7-28-25(35-37(32,33)19-10-8-18(34-6)9-11-19)21(15-27-28)23(29)20-14-16(2)24-22(17(20)3)26(4,5)12-13-36(24,30)31/h8-11,14-15H,7,12-13H2,1-6H3. The zero-order valence-corrected chi connectivity index (χ0v) is 23.3. The fourth-order valence-electron chi connectivity index (χ4n) is 4.84. The lowest BCUT2D eigenvalue weighted by Gasteiger charge is -2.35. The van der Waals surface area contributed by atoms with Crippen LogP contribution >= 0.6 is 0 Å². The second kappa shape index (κ2) is 9.29. The molecule has 0 N–H and O–H groups in total. The fraction of sp³-hybridized carbons (Fsp3) is 0.385. The van der Waals surface area contributed by atoms with E-state index in [0.29, 0.717) is 28.9 Å². The molecule has 0 saturated heterocycles. The second-order valence-electron chi connectivity index (χ2n) is 9.74. The number of aromatic nitrogens is 2. The molecule has 3 aromatic rings. The third kappa shape index (κ3) is 4.66. The summed E-state index contributed by atoms with van der Waals surface area (Å²) in [7, 11) is -6.30. The molecule has 0 bridgehead atoms. The molecule has 0 radical (unpaired) electrons. The first-order chi connectivity index (χ1) is 17.2. The second-order valence-corrected chi connectivity index (χ2v) is 13.3. The SMILES string of the molecule is CCn1ncc(C(=O)c2cc(C)c3c(c2C)C(C)(C)CCS3(=O)=O)c1OS(=O)(=O)c1ccc(OC)cc1. The Morgan fingerprint density at radius 2 is 1.78 bits per heavy atom. The first-order valence-corrected chi connectivity index (χ1v) is 14.9. The molecule has 2 aromatic carbocycles. The summed E-state index contributed by atoms with van der Waals surface area (Å²) in [6, 6.07) is 7.24. The van der Waals surface area contributed by atoms with E-state index in [-0.39, 0.29) is 39.1 Å². The molecule has 0 fully saturated rings. The lowest BCUT2D eigenvalue weighted by Crippen LogP contribution is -2.33. The Morgan fingerprint density at radius 3 is 2.38 bits per heavy atom. The number of ether oxygens (including phenoxy) is 1. The van der Waals surface area contributed by atoms with Crippen molar-refractivity contribution in [3.8, 4) is 11.6 Å². The van der Waals surface area contributed by atoms with E-state index in [4.69, 9.17) is 8.92 Å². The van der Waals surface area contributed by atoms with Crippen LogP contribution in [-0.2, 0) is 31.9 Å². The van der Waals surface area contributed by atoms with Gasteiger partial charge in [-0.1, -0.05) is 13.8 Å². The molecule has 0 spiro atoms. The van der Waals surface area contributed by atoms with E-state index < -0.39 is 31.2 Å². The Hall–Kier alpha value is -3.18. The number of benzene rings is 2. The van der Waals surface area contributed by atoms with Crippen LogP contribution < -0.4 is 8.92 Å². The van der Waals surface area contributed by atoms with Gasteiger partial charge in [0.15, 0.2) is 15.6 Å². The number of sulfone groups is 1. The zero-order chi connectivity index (χ0) is 27.3. The third-order valence-electron chi connectivity index (χ3n) is 6.83. The molecule has 1 aliphatic rings. The highest BCUT2D eigenvalue weighted by Crippen LogP contribution is 2.43. The first-order valence-electron chi connectivity index (χ1n) is 11.8.